The first-order chi connectivity index (χ1) is 22.8. The van der Waals surface area contributed by atoms with Gasteiger partial charge in [-0.15, -0.1) is 0 Å². The minimum absolute atomic E-state index is 0.0914. The summed E-state index contributed by atoms with van der Waals surface area (Å²) in [6, 6.07) is 8.10. The molecule has 270 valence electrons. The van der Waals surface area contributed by atoms with Gasteiger partial charge in [0.15, 0.2) is 0 Å². The zero-order chi connectivity index (χ0) is 33.0. The van der Waals surface area contributed by atoms with Crippen molar-refractivity contribution in [1.29, 1.82) is 0 Å². The van der Waals surface area contributed by atoms with Crippen molar-refractivity contribution < 1.29 is 14.2 Å². The molecule has 46 heavy (non-hydrogen) atoms. The zero-order valence-corrected chi connectivity index (χ0v) is 31.0. The summed E-state index contributed by atoms with van der Waals surface area (Å²) in [5, 5.41) is 0. The van der Waals surface area contributed by atoms with Crippen LogP contribution in [-0.4, -0.2) is 32.5 Å². The molecule has 0 aliphatic carbocycles. The summed E-state index contributed by atoms with van der Waals surface area (Å²) in [7, 11) is 0. The maximum absolute atomic E-state index is 6.30. The van der Waals surface area contributed by atoms with Gasteiger partial charge in [-0.2, -0.15) is 0 Å². The fraction of sp³-hybridized carbons (Fsp3) is 0.857. The Labute approximate surface area is 287 Å². The smallest absolute Gasteiger partial charge is 0.145 e. The first-order valence-corrected chi connectivity index (χ1v) is 20.4. The first-order valence-electron chi connectivity index (χ1n) is 20.4. The Morgan fingerprint density at radius 2 is 0.826 bits per heavy atom. The monoisotopic (exact) mass is 646 g/mol. The van der Waals surface area contributed by atoms with Crippen molar-refractivity contribution in [2.45, 2.75) is 206 Å². The van der Waals surface area contributed by atoms with Crippen LogP contribution in [0.3, 0.4) is 0 Å². The summed E-state index contributed by atoms with van der Waals surface area (Å²) in [5.74, 6) is 0.855. The lowest BCUT2D eigenvalue weighted by molar-refractivity contribution is -0.00783. The standard InChI is InChI=1S/C42H79NO3/c1-3-5-7-9-11-13-15-17-19-21-23-25-27-29-34-44-38-42(46-41-33-31-32-40(36-41)37-43)39-45-35-30-28-26-24-22-20-18-16-14-12-10-8-6-4-2/h31-33,36,42H,3-30,34-35,37-39,43H2,1-2H3. The highest BCUT2D eigenvalue weighted by molar-refractivity contribution is 5.28. The van der Waals surface area contributed by atoms with E-state index in [0.29, 0.717) is 19.8 Å². The van der Waals surface area contributed by atoms with E-state index in [1.54, 1.807) is 0 Å². The van der Waals surface area contributed by atoms with Gasteiger partial charge >= 0.3 is 0 Å². The molecule has 0 heterocycles. The largest absolute Gasteiger partial charge is 0.486 e. The van der Waals surface area contributed by atoms with E-state index in [0.717, 1.165) is 37.4 Å². The van der Waals surface area contributed by atoms with Gasteiger partial charge in [0.05, 0.1) is 13.2 Å². The summed E-state index contributed by atoms with van der Waals surface area (Å²) < 4.78 is 18.5. The number of unbranched alkanes of at least 4 members (excludes halogenated alkanes) is 26. The van der Waals surface area contributed by atoms with Crippen molar-refractivity contribution in [3.8, 4) is 5.75 Å². The maximum Gasteiger partial charge on any atom is 0.145 e. The minimum atomic E-state index is -0.0914. The molecule has 0 aromatic heterocycles. The van der Waals surface area contributed by atoms with Crippen LogP contribution in [-0.2, 0) is 16.0 Å². The number of nitrogens with two attached hydrogens (primary N) is 1. The third kappa shape index (κ3) is 29.1. The van der Waals surface area contributed by atoms with Gasteiger partial charge < -0.3 is 19.9 Å². The SMILES string of the molecule is CCCCCCCCCCCCCCCCOCC(COCCCCCCCCCCCCCCCC)Oc1cccc(CN)c1. The molecular weight excluding hydrogens is 566 g/mol. The second-order valence-corrected chi connectivity index (χ2v) is 13.9. The van der Waals surface area contributed by atoms with E-state index in [2.05, 4.69) is 13.8 Å². The maximum atomic E-state index is 6.30. The number of rotatable bonds is 37. The summed E-state index contributed by atoms with van der Waals surface area (Å²) >= 11 is 0. The van der Waals surface area contributed by atoms with Crippen molar-refractivity contribution >= 4 is 0 Å². The molecule has 1 rings (SSSR count). The van der Waals surface area contributed by atoms with Crippen LogP contribution in [0.25, 0.3) is 0 Å². The molecule has 1 aromatic carbocycles. The van der Waals surface area contributed by atoms with Gasteiger partial charge in [0.25, 0.3) is 0 Å². The van der Waals surface area contributed by atoms with Crippen molar-refractivity contribution in [2.75, 3.05) is 26.4 Å². The van der Waals surface area contributed by atoms with Gasteiger partial charge in [-0.1, -0.05) is 193 Å². The molecule has 0 radical (unpaired) electrons. The van der Waals surface area contributed by atoms with Crippen LogP contribution in [0.5, 0.6) is 5.75 Å². The average Bonchev–Trinajstić information content (AvgIpc) is 3.07. The second-order valence-electron chi connectivity index (χ2n) is 13.9. The minimum Gasteiger partial charge on any atom is -0.486 e. The Kier molecular flexibility index (Phi) is 32.9. The molecule has 0 saturated carbocycles. The fourth-order valence-corrected chi connectivity index (χ4v) is 6.28. The van der Waals surface area contributed by atoms with Crippen LogP contribution in [0.2, 0.25) is 0 Å². The summed E-state index contributed by atoms with van der Waals surface area (Å²) in [4.78, 5) is 0. The lowest BCUT2D eigenvalue weighted by Crippen LogP contribution is -2.29. The van der Waals surface area contributed by atoms with E-state index in [4.69, 9.17) is 19.9 Å². The molecule has 4 heteroatoms. The van der Waals surface area contributed by atoms with Crippen LogP contribution < -0.4 is 10.5 Å². The highest BCUT2D eigenvalue weighted by Gasteiger charge is 2.12. The Hall–Kier alpha value is -1.10. The topological polar surface area (TPSA) is 53.7 Å². The molecule has 0 amide bonds. The first kappa shape index (κ1) is 42.9. The fourth-order valence-electron chi connectivity index (χ4n) is 6.28. The van der Waals surface area contributed by atoms with Gasteiger partial charge in [0.1, 0.15) is 11.9 Å². The molecule has 0 aliphatic rings. The van der Waals surface area contributed by atoms with E-state index >= 15 is 0 Å². The van der Waals surface area contributed by atoms with Gasteiger partial charge in [0.2, 0.25) is 0 Å². The lowest BCUT2D eigenvalue weighted by atomic mass is 10.0. The predicted octanol–water partition coefficient (Wildman–Crippen LogP) is 12.9. The molecule has 0 saturated heterocycles. The third-order valence-electron chi connectivity index (χ3n) is 9.33. The third-order valence-corrected chi connectivity index (χ3v) is 9.33. The Morgan fingerprint density at radius 1 is 0.478 bits per heavy atom. The van der Waals surface area contributed by atoms with Crippen molar-refractivity contribution in [3.63, 3.8) is 0 Å². The van der Waals surface area contributed by atoms with Crippen LogP contribution in [0.4, 0.5) is 0 Å². The zero-order valence-electron chi connectivity index (χ0n) is 31.0. The van der Waals surface area contributed by atoms with Crippen molar-refractivity contribution in [3.05, 3.63) is 29.8 Å². The van der Waals surface area contributed by atoms with Crippen LogP contribution in [0.15, 0.2) is 24.3 Å². The molecule has 0 aliphatic heterocycles. The quantitative estimate of drug-likeness (QED) is 0.0732. The molecule has 0 bridgehead atoms. The molecule has 0 fully saturated rings. The van der Waals surface area contributed by atoms with E-state index in [9.17, 15) is 0 Å². The van der Waals surface area contributed by atoms with E-state index in [1.165, 1.54) is 167 Å². The summed E-state index contributed by atoms with van der Waals surface area (Å²) in [6.45, 7) is 7.86. The molecule has 0 spiro atoms. The highest BCUT2D eigenvalue weighted by Crippen LogP contribution is 2.17. The Bertz CT molecular complexity index is 691. The molecule has 0 atom stereocenters. The number of hydrogen-bond donors (Lipinski definition) is 1. The van der Waals surface area contributed by atoms with Gasteiger partial charge in [-0.3, -0.25) is 0 Å². The van der Waals surface area contributed by atoms with Gasteiger partial charge in [-0.25, -0.2) is 0 Å². The van der Waals surface area contributed by atoms with Crippen molar-refractivity contribution in [1.82, 2.24) is 0 Å². The highest BCUT2D eigenvalue weighted by atomic mass is 16.6. The molecular formula is C42H79NO3. The molecule has 0 unspecified atom stereocenters. The van der Waals surface area contributed by atoms with E-state index in [1.807, 2.05) is 24.3 Å². The number of benzene rings is 1. The number of hydrogen-bond acceptors (Lipinski definition) is 4. The summed E-state index contributed by atoms with van der Waals surface area (Å²) in [5.41, 5.74) is 6.94. The van der Waals surface area contributed by atoms with Gasteiger partial charge in [0, 0.05) is 19.8 Å². The number of ether oxygens (including phenoxy) is 3. The van der Waals surface area contributed by atoms with Crippen LogP contribution in [0.1, 0.15) is 199 Å². The van der Waals surface area contributed by atoms with E-state index in [-0.39, 0.29) is 6.10 Å². The average molecular weight is 646 g/mol. The van der Waals surface area contributed by atoms with E-state index < -0.39 is 0 Å². The van der Waals surface area contributed by atoms with Crippen LogP contribution in [0, 0.1) is 0 Å². The molecule has 4 nitrogen and oxygen atoms in total. The molecule has 2 N–H and O–H groups in total. The second kappa shape index (κ2) is 35.2. The van der Waals surface area contributed by atoms with Crippen molar-refractivity contribution in [2.24, 2.45) is 5.73 Å². The van der Waals surface area contributed by atoms with Gasteiger partial charge in [-0.05, 0) is 30.5 Å². The Morgan fingerprint density at radius 3 is 1.17 bits per heavy atom. The Balaban J connectivity index is 2.08. The lowest BCUT2D eigenvalue weighted by Gasteiger charge is -2.20. The summed E-state index contributed by atoms with van der Waals surface area (Å²) in [6.07, 6.45) is 38.5. The van der Waals surface area contributed by atoms with Crippen LogP contribution >= 0.6 is 0 Å². The normalized spacial score (nSPS) is 11.6. The predicted molar refractivity (Wildman–Crippen MR) is 201 cm³/mol. The molecule has 1 aromatic rings.